The van der Waals surface area contributed by atoms with Gasteiger partial charge in [-0.2, -0.15) is 0 Å². The fraction of sp³-hybridized carbons (Fsp3) is 0. The van der Waals surface area contributed by atoms with Gasteiger partial charge in [0.1, 0.15) is 5.75 Å². The van der Waals surface area contributed by atoms with Crippen LogP contribution >= 0.6 is 27.5 Å². The molecule has 0 atom stereocenters. The second kappa shape index (κ2) is 5.42. The van der Waals surface area contributed by atoms with E-state index in [0.717, 1.165) is 0 Å². The minimum atomic E-state index is -0.255. The molecule has 0 aliphatic rings. The predicted molar refractivity (Wildman–Crippen MR) is 75.2 cm³/mol. The number of anilines is 1. The number of phenols is 1. The van der Waals surface area contributed by atoms with Gasteiger partial charge >= 0.3 is 0 Å². The molecule has 0 aromatic heterocycles. The molecule has 0 saturated carbocycles. The summed E-state index contributed by atoms with van der Waals surface area (Å²) in [5.74, 6) is -0.133. The van der Waals surface area contributed by atoms with Gasteiger partial charge in [0.05, 0.1) is 4.47 Å². The van der Waals surface area contributed by atoms with Gasteiger partial charge in [-0.3, -0.25) is 4.79 Å². The van der Waals surface area contributed by atoms with Crippen LogP contribution in [0.25, 0.3) is 0 Å². The van der Waals surface area contributed by atoms with Crippen molar-refractivity contribution in [2.75, 3.05) is 5.32 Å². The predicted octanol–water partition coefficient (Wildman–Crippen LogP) is 4.06. The van der Waals surface area contributed by atoms with Crippen molar-refractivity contribution < 1.29 is 9.90 Å². The van der Waals surface area contributed by atoms with E-state index in [1.165, 1.54) is 6.07 Å². The number of amides is 1. The van der Waals surface area contributed by atoms with Gasteiger partial charge < -0.3 is 10.4 Å². The average molecular weight is 327 g/mol. The lowest BCUT2D eigenvalue weighted by Crippen LogP contribution is -2.11. The van der Waals surface area contributed by atoms with Gasteiger partial charge in [0, 0.05) is 16.3 Å². The Morgan fingerprint density at radius 1 is 1.22 bits per heavy atom. The van der Waals surface area contributed by atoms with Crippen LogP contribution in [0, 0.1) is 0 Å². The molecule has 0 aliphatic carbocycles. The number of phenolic OH excluding ortho intramolecular Hbond substituents is 1. The Morgan fingerprint density at radius 3 is 2.67 bits per heavy atom. The number of carbonyl (C=O) groups is 1. The number of hydrogen-bond acceptors (Lipinski definition) is 2. The van der Waals surface area contributed by atoms with Crippen molar-refractivity contribution in [1.82, 2.24) is 0 Å². The van der Waals surface area contributed by atoms with Crippen molar-refractivity contribution in [3.8, 4) is 5.75 Å². The lowest BCUT2D eigenvalue weighted by atomic mass is 10.2. The summed E-state index contributed by atoms with van der Waals surface area (Å²) in [5, 5.41) is 12.6. The molecular weight excluding hydrogens is 318 g/mol. The Balaban J connectivity index is 2.18. The molecule has 2 aromatic carbocycles. The van der Waals surface area contributed by atoms with Gasteiger partial charge in [0.2, 0.25) is 0 Å². The molecule has 0 spiro atoms. The standard InChI is InChI=1S/C13H9BrClNO2/c14-11-7-10(4-5-12(11)17)16-13(18)8-2-1-3-9(15)6-8/h1-7,17H,(H,16,18). The fourth-order valence-electron chi connectivity index (χ4n) is 1.42. The number of carbonyl (C=O) groups excluding carboxylic acids is 1. The number of hydrogen-bond donors (Lipinski definition) is 2. The van der Waals surface area contributed by atoms with E-state index < -0.39 is 0 Å². The van der Waals surface area contributed by atoms with Crippen LogP contribution in [0.5, 0.6) is 5.75 Å². The molecule has 3 nitrogen and oxygen atoms in total. The molecule has 18 heavy (non-hydrogen) atoms. The Bertz CT molecular complexity index is 601. The summed E-state index contributed by atoms with van der Waals surface area (Å²) in [4.78, 5) is 11.9. The highest BCUT2D eigenvalue weighted by Crippen LogP contribution is 2.26. The summed E-state index contributed by atoms with van der Waals surface area (Å²) in [7, 11) is 0. The maximum absolute atomic E-state index is 11.9. The Labute approximate surface area is 118 Å². The zero-order valence-corrected chi connectivity index (χ0v) is 11.5. The molecule has 2 aromatic rings. The van der Waals surface area contributed by atoms with E-state index in [2.05, 4.69) is 21.2 Å². The molecule has 2 N–H and O–H groups in total. The van der Waals surface area contributed by atoms with Crippen molar-refractivity contribution >= 4 is 39.1 Å². The highest BCUT2D eigenvalue weighted by molar-refractivity contribution is 9.10. The van der Waals surface area contributed by atoms with Crippen molar-refractivity contribution in [3.63, 3.8) is 0 Å². The van der Waals surface area contributed by atoms with Crippen molar-refractivity contribution in [2.24, 2.45) is 0 Å². The Hall–Kier alpha value is -1.52. The summed E-state index contributed by atoms with van der Waals surface area (Å²) in [6, 6.07) is 11.4. The number of benzene rings is 2. The third kappa shape index (κ3) is 3.03. The number of aromatic hydroxyl groups is 1. The quantitative estimate of drug-likeness (QED) is 0.818. The molecule has 0 fully saturated rings. The zero-order chi connectivity index (χ0) is 13.1. The summed E-state index contributed by atoms with van der Waals surface area (Å²) < 4.78 is 0.520. The largest absolute Gasteiger partial charge is 0.507 e. The van der Waals surface area contributed by atoms with E-state index in [1.54, 1.807) is 36.4 Å². The first-order valence-electron chi connectivity index (χ1n) is 5.12. The van der Waals surface area contributed by atoms with E-state index in [9.17, 15) is 9.90 Å². The van der Waals surface area contributed by atoms with E-state index in [1.807, 2.05) is 0 Å². The highest BCUT2D eigenvalue weighted by Gasteiger charge is 2.07. The van der Waals surface area contributed by atoms with E-state index in [0.29, 0.717) is 20.7 Å². The van der Waals surface area contributed by atoms with Crippen LogP contribution in [0.4, 0.5) is 5.69 Å². The molecule has 1 amide bonds. The highest BCUT2D eigenvalue weighted by atomic mass is 79.9. The van der Waals surface area contributed by atoms with Gasteiger partial charge in [-0.25, -0.2) is 0 Å². The monoisotopic (exact) mass is 325 g/mol. The van der Waals surface area contributed by atoms with Crippen LogP contribution < -0.4 is 5.32 Å². The van der Waals surface area contributed by atoms with Gasteiger partial charge in [-0.1, -0.05) is 17.7 Å². The number of nitrogens with one attached hydrogen (secondary N) is 1. The first-order chi connectivity index (χ1) is 8.56. The van der Waals surface area contributed by atoms with Crippen molar-refractivity contribution in [1.29, 1.82) is 0 Å². The van der Waals surface area contributed by atoms with Crippen LogP contribution in [0.3, 0.4) is 0 Å². The molecule has 0 saturated heterocycles. The van der Waals surface area contributed by atoms with Crippen molar-refractivity contribution in [2.45, 2.75) is 0 Å². The van der Waals surface area contributed by atoms with Crippen LogP contribution in [0.15, 0.2) is 46.9 Å². The maximum atomic E-state index is 11.9. The Morgan fingerprint density at radius 2 is 2.00 bits per heavy atom. The second-order valence-electron chi connectivity index (χ2n) is 3.63. The van der Waals surface area contributed by atoms with E-state index >= 15 is 0 Å². The summed E-state index contributed by atoms with van der Waals surface area (Å²) >= 11 is 9.00. The summed E-state index contributed by atoms with van der Waals surface area (Å²) in [5.41, 5.74) is 1.07. The normalized spacial score (nSPS) is 10.1. The average Bonchev–Trinajstić information content (AvgIpc) is 2.34. The molecule has 92 valence electrons. The third-order valence-electron chi connectivity index (χ3n) is 2.29. The van der Waals surface area contributed by atoms with Crippen LogP contribution in [-0.2, 0) is 0 Å². The molecule has 5 heteroatoms. The number of halogens is 2. The zero-order valence-electron chi connectivity index (χ0n) is 9.15. The molecule has 0 bridgehead atoms. The summed E-state index contributed by atoms with van der Waals surface area (Å²) in [6.07, 6.45) is 0. The lowest BCUT2D eigenvalue weighted by molar-refractivity contribution is 0.102. The van der Waals surface area contributed by atoms with Gasteiger partial charge in [-0.05, 0) is 52.3 Å². The topological polar surface area (TPSA) is 49.3 Å². The Kier molecular flexibility index (Phi) is 3.89. The lowest BCUT2D eigenvalue weighted by Gasteiger charge is -2.06. The smallest absolute Gasteiger partial charge is 0.255 e. The molecule has 0 radical (unpaired) electrons. The van der Waals surface area contributed by atoms with Crippen LogP contribution in [-0.4, -0.2) is 11.0 Å². The van der Waals surface area contributed by atoms with Crippen LogP contribution in [0.2, 0.25) is 5.02 Å². The van der Waals surface area contributed by atoms with E-state index in [4.69, 9.17) is 11.6 Å². The summed E-state index contributed by atoms with van der Waals surface area (Å²) in [6.45, 7) is 0. The van der Waals surface area contributed by atoms with Gasteiger partial charge in [-0.15, -0.1) is 0 Å². The second-order valence-corrected chi connectivity index (χ2v) is 4.92. The van der Waals surface area contributed by atoms with Crippen LogP contribution in [0.1, 0.15) is 10.4 Å². The minimum Gasteiger partial charge on any atom is -0.507 e. The minimum absolute atomic E-state index is 0.121. The number of rotatable bonds is 2. The van der Waals surface area contributed by atoms with E-state index in [-0.39, 0.29) is 11.7 Å². The SMILES string of the molecule is O=C(Nc1ccc(O)c(Br)c1)c1cccc(Cl)c1. The fourth-order valence-corrected chi connectivity index (χ4v) is 1.99. The van der Waals surface area contributed by atoms with Gasteiger partial charge in [0.25, 0.3) is 5.91 Å². The van der Waals surface area contributed by atoms with Crippen molar-refractivity contribution in [3.05, 3.63) is 57.5 Å². The molecular formula is C13H9BrClNO2. The molecule has 2 rings (SSSR count). The molecule has 0 unspecified atom stereocenters. The third-order valence-corrected chi connectivity index (χ3v) is 3.16. The maximum Gasteiger partial charge on any atom is 0.255 e. The molecule has 0 aliphatic heterocycles. The first kappa shape index (κ1) is 12.9. The molecule has 0 heterocycles. The first-order valence-corrected chi connectivity index (χ1v) is 6.29. The van der Waals surface area contributed by atoms with Gasteiger partial charge in [0.15, 0.2) is 0 Å².